The highest BCUT2D eigenvalue weighted by atomic mass is 14.8. The lowest BCUT2D eigenvalue weighted by Gasteiger charge is -2.08. The molecule has 0 saturated carbocycles. The predicted octanol–water partition coefficient (Wildman–Crippen LogP) is 12.8. The van der Waals surface area contributed by atoms with E-state index in [-0.39, 0.29) is 0 Å². The fraction of sp³-hybridized carbons (Fsp3) is 0.850. The highest BCUT2D eigenvalue weighted by molar-refractivity contribution is 5.22. The first-order valence-electron chi connectivity index (χ1n) is 19.4. The van der Waals surface area contributed by atoms with Crippen LogP contribution in [0.3, 0.4) is 0 Å². The summed E-state index contributed by atoms with van der Waals surface area (Å²) < 4.78 is 0. The highest BCUT2D eigenvalue weighted by Crippen LogP contribution is 2.14. The number of nitrogens with one attached hydrogen (secondary N) is 2. The fourth-order valence-electron chi connectivity index (χ4n) is 6.13. The second-order valence-electron chi connectivity index (χ2n) is 13.4. The number of rotatable bonds is 34. The molecule has 1 rings (SSSR count). The lowest BCUT2D eigenvalue weighted by molar-refractivity contribution is 0.529. The van der Waals surface area contributed by atoms with Gasteiger partial charge in [0.05, 0.1) is 0 Å². The molecule has 2 N–H and O–H groups in total. The summed E-state index contributed by atoms with van der Waals surface area (Å²) in [5.41, 5.74) is 2.83. The lowest BCUT2D eigenvalue weighted by Crippen LogP contribution is -2.16. The third-order valence-corrected chi connectivity index (χ3v) is 9.10. The molecule has 0 aliphatic rings. The Morgan fingerprint density at radius 2 is 0.524 bits per heavy atom. The predicted molar refractivity (Wildman–Crippen MR) is 190 cm³/mol. The van der Waals surface area contributed by atoms with Crippen LogP contribution in [0.1, 0.15) is 205 Å². The first-order valence-corrected chi connectivity index (χ1v) is 19.4. The Morgan fingerprint density at radius 1 is 0.310 bits per heavy atom. The van der Waals surface area contributed by atoms with Crippen molar-refractivity contribution in [2.24, 2.45) is 0 Å². The van der Waals surface area contributed by atoms with E-state index in [1.807, 2.05) is 0 Å². The summed E-state index contributed by atoms with van der Waals surface area (Å²) in [6, 6.07) is 9.23. The molecule has 0 spiro atoms. The third-order valence-electron chi connectivity index (χ3n) is 9.10. The number of hydrogen-bond acceptors (Lipinski definition) is 2. The van der Waals surface area contributed by atoms with Crippen LogP contribution in [0, 0.1) is 0 Å². The van der Waals surface area contributed by atoms with Crippen LogP contribution < -0.4 is 10.6 Å². The SMILES string of the molecule is CCCCCCCCCCCCCCCCNCc1ccc(CNCCCCCCCCCCCCCCCC)cc1. The molecule has 2 nitrogen and oxygen atoms in total. The van der Waals surface area contributed by atoms with Crippen molar-refractivity contribution < 1.29 is 0 Å². The number of unbranched alkanes of at least 4 members (excludes halogenated alkanes) is 26. The summed E-state index contributed by atoms with van der Waals surface area (Å²) in [6.45, 7) is 8.92. The van der Waals surface area contributed by atoms with Crippen molar-refractivity contribution in [1.29, 1.82) is 0 Å². The van der Waals surface area contributed by atoms with Crippen molar-refractivity contribution in [3.05, 3.63) is 35.4 Å². The fourth-order valence-corrected chi connectivity index (χ4v) is 6.13. The number of benzene rings is 1. The van der Waals surface area contributed by atoms with E-state index >= 15 is 0 Å². The van der Waals surface area contributed by atoms with Gasteiger partial charge in [-0.1, -0.05) is 205 Å². The largest absolute Gasteiger partial charge is 0.313 e. The molecular weight excluding hydrogens is 508 g/mol. The summed E-state index contributed by atoms with van der Waals surface area (Å²) >= 11 is 0. The summed E-state index contributed by atoms with van der Waals surface area (Å²) in [6.07, 6.45) is 40.1. The van der Waals surface area contributed by atoms with Crippen LogP contribution in [0.25, 0.3) is 0 Å². The van der Waals surface area contributed by atoms with Gasteiger partial charge in [-0.25, -0.2) is 0 Å². The van der Waals surface area contributed by atoms with Gasteiger partial charge in [-0.15, -0.1) is 0 Å². The normalized spacial score (nSPS) is 11.5. The van der Waals surface area contributed by atoms with Crippen LogP contribution in [0.2, 0.25) is 0 Å². The zero-order chi connectivity index (χ0) is 30.0. The van der Waals surface area contributed by atoms with Crippen molar-refractivity contribution >= 4 is 0 Å². The quantitative estimate of drug-likeness (QED) is 0.0787. The Balaban J connectivity index is 1.81. The summed E-state index contributed by atoms with van der Waals surface area (Å²) in [5.74, 6) is 0. The van der Waals surface area contributed by atoms with Gasteiger partial charge < -0.3 is 10.6 Å². The van der Waals surface area contributed by atoms with E-state index in [1.54, 1.807) is 0 Å². The van der Waals surface area contributed by atoms with Crippen LogP contribution in [-0.2, 0) is 13.1 Å². The highest BCUT2D eigenvalue weighted by Gasteiger charge is 1.98. The van der Waals surface area contributed by atoms with Gasteiger partial charge in [0.25, 0.3) is 0 Å². The van der Waals surface area contributed by atoms with Crippen molar-refractivity contribution in [3.63, 3.8) is 0 Å². The smallest absolute Gasteiger partial charge is 0.0205 e. The van der Waals surface area contributed by atoms with Crippen LogP contribution in [0.15, 0.2) is 24.3 Å². The Labute approximate surface area is 265 Å². The standard InChI is InChI=1S/C40H76N2/c1-3-5-7-9-11-13-15-17-19-21-23-25-27-29-35-41-37-39-31-33-40(34-32-39)38-42-36-30-28-26-24-22-20-18-16-14-12-10-8-6-4-2/h31-34,41-42H,3-30,35-38H2,1-2H3. The zero-order valence-electron chi connectivity index (χ0n) is 28.9. The minimum absolute atomic E-state index is 1.01. The van der Waals surface area contributed by atoms with Gasteiger partial charge in [0.2, 0.25) is 0 Å². The van der Waals surface area contributed by atoms with E-state index in [1.165, 1.54) is 191 Å². The van der Waals surface area contributed by atoms with E-state index in [9.17, 15) is 0 Å². The molecule has 0 aromatic heterocycles. The first-order chi connectivity index (χ1) is 20.9. The van der Waals surface area contributed by atoms with Crippen molar-refractivity contribution in [2.75, 3.05) is 13.1 Å². The summed E-state index contributed by atoms with van der Waals surface area (Å²) in [5, 5.41) is 7.30. The summed E-state index contributed by atoms with van der Waals surface area (Å²) in [4.78, 5) is 0. The van der Waals surface area contributed by atoms with E-state index in [0.717, 1.165) is 26.2 Å². The van der Waals surface area contributed by atoms with E-state index < -0.39 is 0 Å². The second-order valence-corrected chi connectivity index (χ2v) is 13.4. The van der Waals surface area contributed by atoms with Crippen molar-refractivity contribution in [3.8, 4) is 0 Å². The van der Waals surface area contributed by atoms with Crippen molar-refractivity contribution in [2.45, 2.75) is 207 Å². The molecule has 42 heavy (non-hydrogen) atoms. The summed E-state index contributed by atoms with van der Waals surface area (Å²) in [7, 11) is 0. The Bertz CT molecular complexity index is 570. The topological polar surface area (TPSA) is 24.1 Å². The van der Waals surface area contributed by atoms with E-state index in [0.29, 0.717) is 0 Å². The third kappa shape index (κ3) is 27.9. The molecule has 0 heterocycles. The van der Waals surface area contributed by atoms with Gasteiger partial charge in [-0.2, -0.15) is 0 Å². The molecule has 0 aliphatic carbocycles. The minimum Gasteiger partial charge on any atom is -0.313 e. The van der Waals surface area contributed by atoms with Gasteiger partial charge in [0, 0.05) is 13.1 Å². The Hall–Kier alpha value is -0.860. The van der Waals surface area contributed by atoms with E-state index in [4.69, 9.17) is 0 Å². The van der Waals surface area contributed by atoms with Crippen LogP contribution in [0.5, 0.6) is 0 Å². The van der Waals surface area contributed by atoms with Gasteiger partial charge in [-0.05, 0) is 37.1 Å². The average molecular weight is 585 g/mol. The van der Waals surface area contributed by atoms with Crippen molar-refractivity contribution in [1.82, 2.24) is 10.6 Å². The monoisotopic (exact) mass is 585 g/mol. The Kier molecular flexibility index (Phi) is 30.8. The molecule has 0 aliphatic heterocycles. The Morgan fingerprint density at radius 3 is 0.762 bits per heavy atom. The minimum atomic E-state index is 1.01. The molecule has 0 amide bonds. The molecule has 0 unspecified atom stereocenters. The van der Waals surface area contributed by atoms with Crippen LogP contribution >= 0.6 is 0 Å². The van der Waals surface area contributed by atoms with Gasteiger partial charge in [-0.3, -0.25) is 0 Å². The van der Waals surface area contributed by atoms with Crippen LogP contribution in [-0.4, -0.2) is 13.1 Å². The van der Waals surface area contributed by atoms with E-state index in [2.05, 4.69) is 48.7 Å². The molecule has 0 atom stereocenters. The second kappa shape index (κ2) is 33.0. The molecule has 0 radical (unpaired) electrons. The molecular formula is C40H76N2. The van der Waals surface area contributed by atoms with Gasteiger partial charge in [0.1, 0.15) is 0 Å². The molecule has 246 valence electrons. The molecule has 1 aromatic carbocycles. The average Bonchev–Trinajstić information content (AvgIpc) is 3.01. The molecule has 1 aromatic rings. The first kappa shape index (κ1) is 39.2. The number of hydrogen-bond donors (Lipinski definition) is 2. The molecule has 0 bridgehead atoms. The molecule has 0 saturated heterocycles. The lowest BCUT2D eigenvalue weighted by atomic mass is 10.0. The van der Waals surface area contributed by atoms with Gasteiger partial charge in [0.15, 0.2) is 0 Å². The maximum atomic E-state index is 3.65. The van der Waals surface area contributed by atoms with Crippen LogP contribution in [0.4, 0.5) is 0 Å². The maximum absolute atomic E-state index is 3.65. The zero-order valence-corrected chi connectivity index (χ0v) is 28.9. The molecule has 0 fully saturated rings. The maximum Gasteiger partial charge on any atom is 0.0205 e. The molecule has 2 heteroatoms. The van der Waals surface area contributed by atoms with Gasteiger partial charge >= 0.3 is 0 Å².